The van der Waals surface area contributed by atoms with Crippen LogP contribution < -0.4 is 11.5 Å². The fourth-order valence-corrected chi connectivity index (χ4v) is 1.41. The Labute approximate surface area is 112 Å². The van der Waals surface area contributed by atoms with Crippen molar-refractivity contribution in [2.75, 3.05) is 13.1 Å². The second-order valence-electron chi connectivity index (χ2n) is 3.33. The van der Waals surface area contributed by atoms with Gasteiger partial charge in [0.15, 0.2) is 0 Å². The smallest absolute Gasteiger partial charge is 0.139 e. The summed E-state index contributed by atoms with van der Waals surface area (Å²) in [7, 11) is 0. The summed E-state index contributed by atoms with van der Waals surface area (Å²) < 4.78 is 13.8. The molecule has 0 bridgehead atoms. The molecule has 94 valence electrons. The second-order valence-corrected chi connectivity index (χ2v) is 3.73. The van der Waals surface area contributed by atoms with E-state index in [2.05, 4.69) is 0 Å². The third-order valence-electron chi connectivity index (χ3n) is 2.20. The maximum atomic E-state index is 13.8. The average Bonchev–Trinajstić information content (AvgIpc) is 2.21. The van der Waals surface area contributed by atoms with Crippen molar-refractivity contribution in [3.8, 4) is 0 Å². The van der Waals surface area contributed by atoms with E-state index in [9.17, 15) is 4.39 Å². The van der Waals surface area contributed by atoms with E-state index in [0.717, 1.165) is 5.56 Å². The predicted octanol–water partition coefficient (Wildman–Crippen LogP) is 2.35. The summed E-state index contributed by atoms with van der Waals surface area (Å²) in [6, 6.07) is 7.12. The third kappa shape index (κ3) is 4.85. The molecule has 0 radical (unpaired) electrons. The summed E-state index contributed by atoms with van der Waals surface area (Å²) in [6.45, 7) is -0.177. The lowest BCUT2D eigenvalue weighted by Gasteiger charge is -2.21. The summed E-state index contributed by atoms with van der Waals surface area (Å²) >= 11 is 5.90. The van der Waals surface area contributed by atoms with E-state index in [4.69, 9.17) is 23.1 Å². The van der Waals surface area contributed by atoms with Gasteiger partial charge in [-0.3, -0.25) is 0 Å². The Morgan fingerprint density at radius 2 is 1.62 bits per heavy atom. The minimum atomic E-state index is -1.55. The highest BCUT2D eigenvalue weighted by Gasteiger charge is 2.27. The zero-order chi connectivity index (χ0) is 10.6. The maximum Gasteiger partial charge on any atom is 0.139 e. The van der Waals surface area contributed by atoms with Crippen molar-refractivity contribution in [1.29, 1.82) is 0 Å². The van der Waals surface area contributed by atoms with Crippen molar-refractivity contribution in [2.24, 2.45) is 11.5 Å². The van der Waals surface area contributed by atoms with Crippen LogP contribution in [0.3, 0.4) is 0 Å². The van der Waals surface area contributed by atoms with Crippen molar-refractivity contribution >= 4 is 36.4 Å². The molecule has 0 heterocycles. The van der Waals surface area contributed by atoms with E-state index in [1.807, 2.05) is 6.07 Å². The molecule has 0 unspecified atom stereocenters. The Bertz CT molecular complexity index is 306. The molecule has 6 heteroatoms. The molecule has 1 aromatic carbocycles. The second kappa shape index (κ2) is 8.09. The van der Waals surface area contributed by atoms with Gasteiger partial charge in [-0.15, -0.1) is 24.8 Å². The molecule has 4 N–H and O–H groups in total. The van der Waals surface area contributed by atoms with Crippen molar-refractivity contribution in [3.63, 3.8) is 0 Å². The van der Waals surface area contributed by atoms with Gasteiger partial charge in [0.05, 0.1) is 0 Å². The molecule has 0 aliphatic rings. The van der Waals surface area contributed by atoms with Crippen molar-refractivity contribution in [2.45, 2.75) is 12.1 Å². The lowest BCUT2D eigenvalue weighted by atomic mass is 9.96. The molecule has 0 atom stereocenters. The van der Waals surface area contributed by atoms with Crippen LogP contribution in [0.25, 0.3) is 0 Å². The van der Waals surface area contributed by atoms with Crippen LogP contribution in [0, 0.1) is 0 Å². The Morgan fingerprint density at radius 3 is 2.06 bits per heavy atom. The van der Waals surface area contributed by atoms with Crippen LogP contribution in [0.2, 0.25) is 5.02 Å². The zero-order valence-corrected chi connectivity index (χ0v) is 11.0. The van der Waals surface area contributed by atoms with Gasteiger partial charge in [-0.25, -0.2) is 4.39 Å². The first-order valence-electron chi connectivity index (χ1n) is 4.44. The highest BCUT2D eigenvalue weighted by Crippen LogP contribution is 2.22. The first kappa shape index (κ1) is 18.3. The average molecular weight is 290 g/mol. The van der Waals surface area contributed by atoms with Crippen molar-refractivity contribution in [1.82, 2.24) is 0 Å². The van der Waals surface area contributed by atoms with Gasteiger partial charge >= 0.3 is 0 Å². The van der Waals surface area contributed by atoms with Crippen molar-refractivity contribution < 1.29 is 4.39 Å². The lowest BCUT2D eigenvalue weighted by Crippen LogP contribution is -2.42. The molecule has 0 saturated heterocycles. The Morgan fingerprint density at radius 1 is 1.12 bits per heavy atom. The number of alkyl halides is 1. The van der Waals surface area contributed by atoms with E-state index in [1.165, 1.54) is 0 Å². The molecule has 0 aliphatic carbocycles. The number of rotatable bonds is 4. The SMILES string of the molecule is Cl.Cl.NCC(F)(CN)Cc1ccccc1Cl. The fraction of sp³-hybridized carbons (Fsp3) is 0.400. The largest absolute Gasteiger partial charge is 0.327 e. The molecule has 0 amide bonds. The summed E-state index contributed by atoms with van der Waals surface area (Å²) in [5.74, 6) is 0. The number of hydrogen-bond donors (Lipinski definition) is 2. The molecule has 0 aromatic heterocycles. The number of nitrogens with two attached hydrogens (primary N) is 2. The molecular formula is C10H16Cl3FN2. The lowest BCUT2D eigenvalue weighted by molar-refractivity contribution is 0.184. The highest BCUT2D eigenvalue weighted by atomic mass is 35.5. The normalized spacial score (nSPS) is 10.2. The topological polar surface area (TPSA) is 52.0 Å². The molecule has 2 nitrogen and oxygen atoms in total. The first-order valence-corrected chi connectivity index (χ1v) is 4.81. The van der Waals surface area contributed by atoms with E-state index in [-0.39, 0.29) is 44.3 Å². The zero-order valence-electron chi connectivity index (χ0n) is 8.66. The third-order valence-corrected chi connectivity index (χ3v) is 2.57. The van der Waals surface area contributed by atoms with Crippen LogP contribution in [0.1, 0.15) is 5.56 Å². The molecule has 0 fully saturated rings. The highest BCUT2D eigenvalue weighted by molar-refractivity contribution is 6.31. The molecule has 1 aromatic rings. The van der Waals surface area contributed by atoms with Gasteiger partial charge in [0.25, 0.3) is 0 Å². The molecule has 0 spiro atoms. The van der Waals surface area contributed by atoms with Crippen molar-refractivity contribution in [3.05, 3.63) is 34.9 Å². The van der Waals surface area contributed by atoms with E-state index >= 15 is 0 Å². The maximum absolute atomic E-state index is 13.8. The van der Waals surface area contributed by atoms with Gasteiger partial charge in [-0.1, -0.05) is 29.8 Å². The van der Waals surface area contributed by atoms with Gasteiger partial charge < -0.3 is 11.5 Å². The van der Waals surface area contributed by atoms with E-state index in [0.29, 0.717) is 5.02 Å². The Hall–Kier alpha value is -0.0600. The molecule has 16 heavy (non-hydrogen) atoms. The molecule has 1 rings (SSSR count). The summed E-state index contributed by atoms with van der Waals surface area (Å²) in [5.41, 5.74) is 9.83. The van der Waals surface area contributed by atoms with E-state index in [1.54, 1.807) is 18.2 Å². The Balaban J connectivity index is 0. The molecule has 0 saturated carbocycles. The van der Waals surface area contributed by atoms with Gasteiger partial charge in [-0.05, 0) is 11.6 Å². The van der Waals surface area contributed by atoms with Crippen LogP contribution in [-0.2, 0) is 6.42 Å². The van der Waals surface area contributed by atoms with Crippen LogP contribution in [0.5, 0.6) is 0 Å². The van der Waals surface area contributed by atoms with Gasteiger partial charge in [0.2, 0.25) is 0 Å². The van der Waals surface area contributed by atoms with Crippen LogP contribution >= 0.6 is 36.4 Å². The quantitative estimate of drug-likeness (QED) is 0.894. The fourth-order valence-electron chi connectivity index (χ4n) is 1.21. The summed E-state index contributed by atoms with van der Waals surface area (Å²) in [5, 5.41) is 0.552. The first-order chi connectivity index (χ1) is 6.61. The Kier molecular flexibility index (Phi) is 9.26. The minimum Gasteiger partial charge on any atom is -0.327 e. The summed E-state index contributed by atoms with van der Waals surface area (Å²) in [6.07, 6.45) is 0.166. The van der Waals surface area contributed by atoms with E-state index < -0.39 is 5.67 Å². The van der Waals surface area contributed by atoms with Gasteiger partial charge in [0.1, 0.15) is 5.67 Å². The van der Waals surface area contributed by atoms with Crippen LogP contribution in [0.4, 0.5) is 4.39 Å². The minimum absolute atomic E-state index is 0. The van der Waals surface area contributed by atoms with Crippen LogP contribution in [0.15, 0.2) is 24.3 Å². The number of benzene rings is 1. The number of halogens is 4. The van der Waals surface area contributed by atoms with Gasteiger partial charge in [0, 0.05) is 24.5 Å². The monoisotopic (exact) mass is 288 g/mol. The molecular weight excluding hydrogens is 273 g/mol. The van der Waals surface area contributed by atoms with Gasteiger partial charge in [-0.2, -0.15) is 0 Å². The number of hydrogen-bond acceptors (Lipinski definition) is 2. The van der Waals surface area contributed by atoms with Crippen LogP contribution in [-0.4, -0.2) is 18.8 Å². The summed E-state index contributed by atoms with van der Waals surface area (Å²) in [4.78, 5) is 0. The predicted molar refractivity (Wildman–Crippen MR) is 71.6 cm³/mol. The standard InChI is InChI=1S/C10H14ClFN2.2ClH/c11-9-4-2-1-3-8(9)5-10(12,6-13)7-14;;/h1-4H,5-7,13-14H2;2*1H. The molecule has 0 aliphatic heterocycles.